The maximum atomic E-state index is 10.3. The van der Waals surface area contributed by atoms with Crippen LogP contribution in [-0.4, -0.2) is 48.3 Å². The molecule has 3 rings (SSSR count). The van der Waals surface area contributed by atoms with Crippen molar-refractivity contribution < 1.29 is 9.84 Å². The Labute approximate surface area is 146 Å². The van der Waals surface area contributed by atoms with Crippen LogP contribution in [-0.2, 0) is 6.42 Å². The van der Waals surface area contributed by atoms with Gasteiger partial charge in [0.2, 0.25) is 0 Å². The number of phenols is 1. The van der Waals surface area contributed by atoms with Crippen molar-refractivity contribution in [2.75, 3.05) is 32.7 Å². The largest absolute Gasteiger partial charge is 0.507 e. The van der Waals surface area contributed by atoms with Gasteiger partial charge in [-0.25, -0.2) is 0 Å². The molecule has 2 heterocycles. The van der Waals surface area contributed by atoms with Crippen LogP contribution in [0, 0.1) is 20.8 Å². The second kappa shape index (κ2) is 6.93. The van der Waals surface area contributed by atoms with Gasteiger partial charge < -0.3 is 20.1 Å². The standard InChI is InChI=1S/C20H32N2O2/c1-14-15(2)19-17(16(3)18(14)23)6-8-20(4,24-19)7-5-11-22-12-9-21-10-13-22/h21,23H,5-13H2,1-4H3. The molecule has 4 nitrogen and oxygen atoms in total. The highest BCUT2D eigenvalue weighted by atomic mass is 16.5. The molecule has 2 aliphatic rings. The third-order valence-corrected chi connectivity index (χ3v) is 5.98. The molecule has 1 atom stereocenters. The van der Waals surface area contributed by atoms with Crippen LogP contribution in [0.2, 0.25) is 0 Å². The van der Waals surface area contributed by atoms with E-state index < -0.39 is 0 Å². The zero-order chi connectivity index (χ0) is 17.3. The Kier molecular flexibility index (Phi) is 5.07. The molecule has 0 bridgehead atoms. The number of hydrogen-bond acceptors (Lipinski definition) is 4. The van der Waals surface area contributed by atoms with Crippen LogP contribution in [0.1, 0.15) is 48.4 Å². The average molecular weight is 332 g/mol. The number of ether oxygens (including phenoxy) is 1. The molecule has 1 aromatic rings. The lowest BCUT2D eigenvalue weighted by Crippen LogP contribution is -2.44. The number of hydrogen-bond donors (Lipinski definition) is 2. The fraction of sp³-hybridized carbons (Fsp3) is 0.700. The molecule has 0 spiro atoms. The van der Waals surface area contributed by atoms with Gasteiger partial charge >= 0.3 is 0 Å². The third-order valence-electron chi connectivity index (χ3n) is 5.98. The molecular weight excluding hydrogens is 300 g/mol. The Morgan fingerprint density at radius 1 is 1.12 bits per heavy atom. The summed E-state index contributed by atoms with van der Waals surface area (Å²) < 4.78 is 6.51. The summed E-state index contributed by atoms with van der Waals surface area (Å²) in [7, 11) is 0. The average Bonchev–Trinajstić information content (AvgIpc) is 2.59. The van der Waals surface area contributed by atoms with E-state index in [0.29, 0.717) is 5.75 Å². The molecule has 2 aliphatic heterocycles. The fourth-order valence-electron chi connectivity index (χ4n) is 4.08. The van der Waals surface area contributed by atoms with E-state index in [1.807, 2.05) is 13.8 Å². The Hall–Kier alpha value is -1.26. The molecule has 0 aromatic heterocycles. The molecule has 4 heteroatoms. The lowest BCUT2D eigenvalue weighted by atomic mass is 9.85. The molecule has 1 unspecified atom stereocenters. The number of rotatable bonds is 4. The van der Waals surface area contributed by atoms with Gasteiger partial charge in [0, 0.05) is 31.7 Å². The minimum Gasteiger partial charge on any atom is -0.507 e. The van der Waals surface area contributed by atoms with Crippen LogP contribution in [0.4, 0.5) is 0 Å². The van der Waals surface area contributed by atoms with Gasteiger partial charge in [0.25, 0.3) is 0 Å². The lowest BCUT2D eigenvalue weighted by Gasteiger charge is -2.38. The first-order valence-electron chi connectivity index (χ1n) is 9.35. The summed E-state index contributed by atoms with van der Waals surface area (Å²) in [6.07, 6.45) is 4.31. The van der Waals surface area contributed by atoms with Gasteiger partial charge in [-0.3, -0.25) is 0 Å². The molecule has 1 fully saturated rings. The topological polar surface area (TPSA) is 44.7 Å². The van der Waals surface area contributed by atoms with E-state index in [1.54, 1.807) is 0 Å². The molecule has 0 aliphatic carbocycles. The van der Waals surface area contributed by atoms with Crippen LogP contribution in [0.5, 0.6) is 11.5 Å². The molecule has 0 radical (unpaired) electrons. The predicted molar refractivity (Wildman–Crippen MR) is 98.2 cm³/mol. The molecule has 0 amide bonds. The molecule has 1 aromatic carbocycles. The van der Waals surface area contributed by atoms with E-state index in [4.69, 9.17) is 4.74 Å². The van der Waals surface area contributed by atoms with Gasteiger partial charge in [-0.1, -0.05) is 0 Å². The summed E-state index contributed by atoms with van der Waals surface area (Å²) >= 11 is 0. The molecule has 1 saturated heterocycles. The quantitative estimate of drug-likeness (QED) is 0.889. The number of aromatic hydroxyl groups is 1. The minimum atomic E-state index is -0.0817. The first-order valence-corrected chi connectivity index (χ1v) is 9.35. The van der Waals surface area contributed by atoms with E-state index in [2.05, 4.69) is 24.1 Å². The van der Waals surface area contributed by atoms with Crippen LogP contribution < -0.4 is 10.1 Å². The van der Waals surface area contributed by atoms with Gasteiger partial charge in [0.05, 0.1) is 0 Å². The molecular formula is C20H32N2O2. The van der Waals surface area contributed by atoms with E-state index in [-0.39, 0.29) is 5.60 Å². The molecule has 24 heavy (non-hydrogen) atoms. The number of benzene rings is 1. The maximum Gasteiger partial charge on any atom is 0.127 e. The summed E-state index contributed by atoms with van der Waals surface area (Å²) in [5.74, 6) is 1.47. The zero-order valence-electron chi connectivity index (χ0n) is 15.7. The number of piperazine rings is 1. The summed E-state index contributed by atoms with van der Waals surface area (Å²) in [6.45, 7) is 14.0. The van der Waals surface area contributed by atoms with Gasteiger partial charge in [0.1, 0.15) is 17.1 Å². The van der Waals surface area contributed by atoms with Crippen molar-refractivity contribution >= 4 is 0 Å². The summed E-state index contributed by atoms with van der Waals surface area (Å²) in [6, 6.07) is 0. The minimum absolute atomic E-state index is 0.0817. The van der Waals surface area contributed by atoms with Crippen LogP contribution in [0.3, 0.4) is 0 Å². The first-order chi connectivity index (χ1) is 11.4. The fourth-order valence-corrected chi connectivity index (χ4v) is 4.08. The Bertz CT molecular complexity index is 608. The van der Waals surface area contributed by atoms with E-state index in [9.17, 15) is 5.11 Å². The first kappa shape index (κ1) is 17.6. The highest BCUT2D eigenvalue weighted by Crippen LogP contribution is 2.44. The van der Waals surface area contributed by atoms with Gasteiger partial charge in [-0.05, 0) is 76.6 Å². The van der Waals surface area contributed by atoms with Crippen molar-refractivity contribution in [1.82, 2.24) is 10.2 Å². The third kappa shape index (κ3) is 3.40. The molecule has 0 saturated carbocycles. The van der Waals surface area contributed by atoms with Gasteiger partial charge in [-0.15, -0.1) is 0 Å². The van der Waals surface area contributed by atoms with Crippen molar-refractivity contribution in [3.63, 3.8) is 0 Å². The Balaban J connectivity index is 1.67. The number of fused-ring (bicyclic) bond motifs is 1. The van der Waals surface area contributed by atoms with Crippen molar-refractivity contribution in [2.45, 2.75) is 59.0 Å². The summed E-state index contributed by atoms with van der Waals surface area (Å²) in [5.41, 5.74) is 4.17. The van der Waals surface area contributed by atoms with Crippen molar-refractivity contribution in [2.24, 2.45) is 0 Å². The van der Waals surface area contributed by atoms with Crippen LogP contribution in [0.25, 0.3) is 0 Å². The van der Waals surface area contributed by atoms with Crippen molar-refractivity contribution in [3.05, 3.63) is 22.3 Å². The van der Waals surface area contributed by atoms with Crippen LogP contribution >= 0.6 is 0 Å². The van der Waals surface area contributed by atoms with E-state index >= 15 is 0 Å². The smallest absolute Gasteiger partial charge is 0.127 e. The Morgan fingerprint density at radius 2 is 1.83 bits per heavy atom. The van der Waals surface area contributed by atoms with Crippen molar-refractivity contribution in [3.8, 4) is 11.5 Å². The number of nitrogens with one attached hydrogen (secondary N) is 1. The summed E-state index contributed by atoms with van der Waals surface area (Å²) in [4.78, 5) is 2.55. The maximum absolute atomic E-state index is 10.3. The van der Waals surface area contributed by atoms with E-state index in [0.717, 1.165) is 67.9 Å². The zero-order valence-corrected chi connectivity index (χ0v) is 15.7. The van der Waals surface area contributed by atoms with Gasteiger partial charge in [0.15, 0.2) is 0 Å². The predicted octanol–water partition coefficient (Wildman–Crippen LogP) is 3.09. The van der Waals surface area contributed by atoms with Crippen LogP contribution in [0.15, 0.2) is 0 Å². The highest BCUT2D eigenvalue weighted by molar-refractivity contribution is 5.58. The second-order valence-electron chi connectivity index (χ2n) is 7.78. The number of phenolic OH excluding ortho intramolecular Hbond substituents is 1. The monoisotopic (exact) mass is 332 g/mol. The SMILES string of the molecule is Cc1c(C)c2c(c(C)c1O)CCC(C)(CCCN1CCNCC1)O2. The number of nitrogens with zero attached hydrogens (tertiary/aromatic N) is 1. The lowest BCUT2D eigenvalue weighted by molar-refractivity contribution is 0.0492. The Morgan fingerprint density at radius 3 is 2.54 bits per heavy atom. The molecule has 2 N–H and O–H groups in total. The normalized spacial score (nSPS) is 24.5. The second-order valence-corrected chi connectivity index (χ2v) is 7.78. The summed E-state index contributed by atoms with van der Waals surface area (Å²) in [5, 5.41) is 13.7. The van der Waals surface area contributed by atoms with Gasteiger partial charge in [-0.2, -0.15) is 0 Å². The van der Waals surface area contributed by atoms with Crippen molar-refractivity contribution in [1.29, 1.82) is 0 Å². The highest BCUT2D eigenvalue weighted by Gasteiger charge is 2.34. The molecule has 134 valence electrons. The van der Waals surface area contributed by atoms with E-state index in [1.165, 1.54) is 18.5 Å².